The Morgan fingerprint density at radius 1 is 1.03 bits per heavy atom. The van der Waals surface area contributed by atoms with Gasteiger partial charge in [0.2, 0.25) is 0 Å². The molecule has 6 heteroatoms. The van der Waals surface area contributed by atoms with Crippen molar-refractivity contribution in [1.29, 1.82) is 0 Å². The monoisotopic (exact) mass is 537 g/mol. The SMILES string of the molecule is Cc1cc(OCCCC2Cc3ccccc3C23CCC(Nc2cccc(Cl)c2)(C(=O)O)CC3)ccc1Cl. The maximum atomic E-state index is 12.6. The second-order valence-electron chi connectivity index (χ2n) is 10.6. The molecule has 0 aliphatic heterocycles. The number of aliphatic carboxylic acids is 1. The maximum Gasteiger partial charge on any atom is 0.329 e. The molecule has 5 rings (SSSR count). The molecular formula is C31H33Cl2NO3. The van der Waals surface area contributed by atoms with E-state index >= 15 is 0 Å². The predicted octanol–water partition coefficient (Wildman–Crippen LogP) is 8.08. The standard InChI is InChI=1S/C31H33Cl2NO3/c1-21-18-26(11-12-28(21)33)37-17-5-7-23-19-22-6-2-3-10-27(22)30(23)13-15-31(16-14-30,29(35)36)34-25-9-4-8-24(32)20-25/h2-4,6,8-12,18,20,23,34H,5,7,13-17,19H2,1H3,(H,35,36). The molecule has 2 N–H and O–H groups in total. The fourth-order valence-electron chi connectivity index (χ4n) is 6.51. The van der Waals surface area contributed by atoms with Gasteiger partial charge in [-0.15, -0.1) is 0 Å². The normalized spacial score (nSPS) is 24.6. The molecule has 2 aliphatic carbocycles. The molecule has 37 heavy (non-hydrogen) atoms. The Balaban J connectivity index is 1.30. The molecule has 0 amide bonds. The third-order valence-electron chi connectivity index (χ3n) is 8.51. The summed E-state index contributed by atoms with van der Waals surface area (Å²) in [4.78, 5) is 12.6. The van der Waals surface area contributed by atoms with Crippen LogP contribution in [0.2, 0.25) is 10.0 Å². The number of fused-ring (bicyclic) bond motifs is 2. The number of ether oxygens (including phenoxy) is 1. The summed E-state index contributed by atoms with van der Waals surface area (Å²) < 4.78 is 6.04. The van der Waals surface area contributed by atoms with Gasteiger partial charge in [-0.1, -0.05) is 53.5 Å². The number of nitrogens with one attached hydrogen (secondary N) is 1. The molecule has 3 aromatic rings. The van der Waals surface area contributed by atoms with E-state index < -0.39 is 11.5 Å². The molecule has 3 aromatic carbocycles. The van der Waals surface area contributed by atoms with E-state index in [1.807, 2.05) is 37.3 Å². The minimum atomic E-state index is -0.992. The fourth-order valence-corrected chi connectivity index (χ4v) is 6.81. The number of carboxylic acid groups (broad SMARTS) is 1. The zero-order valence-electron chi connectivity index (χ0n) is 21.1. The van der Waals surface area contributed by atoms with Gasteiger partial charge in [-0.25, -0.2) is 4.79 Å². The van der Waals surface area contributed by atoms with Gasteiger partial charge in [0, 0.05) is 15.7 Å². The Morgan fingerprint density at radius 3 is 2.54 bits per heavy atom. The van der Waals surface area contributed by atoms with Gasteiger partial charge in [0.15, 0.2) is 0 Å². The lowest BCUT2D eigenvalue weighted by Gasteiger charge is -2.47. The molecule has 0 aromatic heterocycles. The van der Waals surface area contributed by atoms with E-state index in [-0.39, 0.29) is 5.41 Å². The predicted molar refractivity (Wildman–Crippen MR) is 150 cm³/mol. The summed E-state index contributed by atoms with van der Waals surface area (Å²) >= 11 is 12.3. The Kier molecular flexibility index (Phi) is 7.42. The van der Waals surface area contributed by atoms with E-state index in [9.17, 15) is 9.90 Å². The highest BCUT2D eigenvalue weighted by Crippen LogP contribution is 2.55. The van der Waals surface area contributed by atoms with Crippen molar-refractivity contribution in [2.75, 3.05) is 11.9 Å². The minimum Gasteiger partial charge on any atom is -0.494 e. The van der Waals surface area contributed by atoms with E-state index in [4.69, 9.17) is 27.9 Å². The Hall–Kier alpha value is -2.69. The molecule has 0 saturated heterocycles. The number of hydrogen-bond donors (Lipinski definition) is 2. The van der Waals surface area contributed by atoms with Crippen molar-refractivity contribution < 1.29 is 14.6 Å². The molecule has 1 atom stereocenters. The van der Waals surface area contributed by atoms with Crippen molar-refractivity contribution in [2.24, 2.45) is 5.92 Å². The van der Waals surface area contributed by atoms with Crippen LogP contribution in [0.4, 0.5) is 5.69 Å². The van der Waals surface area contributed by atoms with Gasteiger partial charge in [0.05, 0.1) is 6.61 Å². The second kappa shape index (κ2) is 10.6. The summed E-state index contributed by atoms with van der Waals surface area (Å²) in [5.41, 5.74) is 3.60. The summed E-state index contributed by atoms with van der Waals surface area (Å²) in [6, 6.07) is 21.9. The second-order valence-corrected chi connectivity index (χ2v) is 11.5. The van der Waals surface area contributed by atoms with Gasteiger partial charge in [-0.2, -0.15) is 0 Å². The number of aryl methyl sites for hydroxylation is 1. The average molecular weight is 539 g/mol. The van der Waals surface area contributed by atoms with Crippen LogP contribution < -0.4 is 10.1 Å². The van der Waals surface area contributed by atoms with Crippen LogP contribution in [0.5, 0.6) is 5.75 Å². The lowest BCUT2D eigenvalue weighted by Crippen LogP contribution is -2.53. The van der Waals surface area contributed by atoms with E-state index in [0.29, 0.717) is 30.4 Å². The number of carboxylic acids is 1. The van der Waals surface area contributed by atoms with Gasteiger partial charge < -0.3 is 15.2 Å². The molecule has 1 unspecified atom stereocenters. The first-order chi connectivity index (χ1) is 17.8. The molecule has 194 valence electrons. The van der Waals surface area contributed by atoms with Gasteiger partial charge in [-0.05, 0) is 116 Å². The lowest BCUT2D eigenvalue weighted by atomic mass is 9.60. The van der Waals surface area contributed by atoms with Crippen molar-refractivity contribution in [1.82, 2.24) is 0 Å². The molecule has 0 heterocycles. The molecule has 0 bridgehead atoms. The van der Waals surface area contributed by atoms with Crippen LogP contribution in [0.15, 0.2) is 66.7 Å². The van der Waals surface area contributed by atoms with Crippen LogP contribution in [0, 0.1) is 12.8 Å². The smallest absolute Gasteiger partial charge is 0.329 e. The highest BCUT2D eigenvalue weighted by molar-refractivity contribution is 6.31. The highest BCUT2D eigenvalue weighted by atomic mass is 35.5. The summed E-state index contributed by atoms with van der Waals surface area (Å²) in [7, 11) is 0. The first-order valence-corrected chi connectivity index (χ1v) is 13.8. The van der Waals surface area contributed by atoms with Crippen LogP contribution in [0.25, 0.3) is 0 Å². The molecule has 1 spiro atoms. The number of hydrogen-bond acceptors (Lipinski definition) is 3. The number of rotatable bonds is 8. The quantitative estimate of drug-likeness (QED) is 0.285. The minimum absolute atomic E-state index is 0.00240. The number of carbonyl (C=O) groups is 1. The van der Waals surface area contributed by atoms with Crippen molar-refractivity contribution in [3.63, 3.8) is 0 Å². The van der Waals surface area contributed by atoms with Gasteiger partial charge >= 0.3 is 5.97 Å². The summed E-state index contributed by atoms with van der Waals surface area (Å²) in [6.07, 6.45) is 5.85. The first kappa shape index (κ1) is 25.9. The largest absolute Gasteiger partial charge is 0.494 e. The van der Waals surface area contributed by atoms with Crippen LogP contribution in [0.3, 0.4) is 0 Å². The van der Waals surface area contributed by atoms with Crippen LogP contribution in [-0.4, -0.2) is 23.2 Å². The van der Waals surface area contributed by atoms with Crippen molar-refractivity contribution >= 4 is 34.9 Å². The van der Waals surface area contributed by atoms with Crippen LogP contribution in [0.1, 0.15) is 55.2 Å². The molecule has 1 saturated carbocycles. The third kappa shape index (κ3) is 5.19. The molecule has 1 fully saturated rings. The third-order valence-corrected chi connectivity index (χ3v) is 9.17. The average Bonchev–Trinajstić information content (AvgIpc) is 3.18. The summed E-state index contributed by atoms with van der Waals surface area (Å²) in [6.45, 7) is 2.63. The molecule has 0 radical (unpaired) electrons. The van der Waals surface area contributed by atoms with Crippen molar-refractivity contribution in [2.45, 2.75) is 62.8 Å². The highest BCUT2D eigenvalue weighted by Gasteiger charge is 2.53. The van der Waals surface area contributed by atoms with Gasteiger partial charge in [0.1, 0.15) is 11.3 Å². The summed E-state index contributed by atoms with van der Waals surface area (Å²) in [5, 5.41) is 15.0. The Bertz CT molecular complexity index is 1280. The Labute approximate surface area is 229 Å². The summed E-state index contributed by atoms with van der Waals surface area (Å²) in [5.74, 6) is 0.526. The maximum absolute atomic E-state index is 12.6. The topological polar surface area (TPSA) is 58.6 Å². The zero-order chi connectivity index (χ0) is 26.0. The molecular weight excluding hydrogens is 505 g/mol. The zero-order valence-corrected chi connectivity index (χ0v) is 22.6. The number of benzene rings is 3. The lowest BCUT2D eigenvalue weighted by molar-refractivity contribution is -0.144. The number of halogens is 2. The van der Waals surface area contributed by atoms with Crippen molar-refractivity contribution in [3.05, 3.63) is 93.5 Å². The molecule has 2 aliphatic rings. The van der Waals surface area contributed by atoms with Gasteiger partial charge in [0.25, 0.3) is 0 Å². The van der Waals surface area contributed by atoms with E-state index in [2.05, 4.69) is 29.6 Å². The molecule has 4 nitrogen and oxygen atoms in total. The van der Waals surface area contributed by atoms with Gasteiger partial charge in [-0.3, -0.25) is 0 Å². The van der Waals surface area contributed by atoms with E-state index in [1.54, 1.807) is 12.1 Å². The van der Waals surface area contributed by atoms with Crippen LogP contribution in [-0.2, 0) is 16.6 Å². The number of anilines is 1. The van der Waals surface area contributed by atoms with Crippen LogP contribution >= 0.6 is 23.2 Å². The first-order valence-electron chi connectivity index (χ1n) is 13.1. The van der Waals surface area contributed by atoms with E-state index in [0.717, 1.165) is 54.1 Å². The van der Waals surface area contributed by atoms with Crippen molar-refractivity contribution in [3.8, 4) is 5.75 Å². The fraction of sp³-hybridized carbons (Fsp3) is 0.387. The Morgan fingerprint density at radius 2 is 1.81 bits per heavy atom. The van der Waals surface area contributed by atoms with E-state index in [1.165, 1.54) is 11.1 Å².